The summed E-state index contributed by atoms with van der Waals surface area (Å²) in [5.41, 5.74) is 1.29. The number of hydrogen-bond donors (Lipinski definition) is 1. The monoisotopic (exact) mass is 232 g/mol. The van der Waals surface area contributed by atoms with E-state index in [4.69, 9.17) is 0 Å². The van der Waals surface area contributed by atoms with E-state index in [0.29, 0.717) is 11.1 Å². The molecule has 2 rings (SSSR count). The number of amides is 1. The first-order valence-electron chi connectivity index (χ1n) is 5.79. The third-order valence-electron chi connectivity index (χ3n) is 2.94. The lowest BCUT2D eigenvalue weighted by atomic mass is 10.1. The summed E-state index contributed by atoms with van der Waals surface area (Å²) in [6, 6.07) is 6.86. The molecule has 1 aliphatic rings. The fraction of sp³-hybridized carbons (Fsp3) is 0.385. The van der Waals surface area contributed by atoms with E-state index < -0.39 is 0 Å². The van der Waals surface area contributed by atoms with Gasteiger partial charge >= 0.3 is 0 Å². The van der Waals surface area contributed by atoms with Gasteiger partial charge in [-0.3, -0.25) is 9.59 Å². The lowest BCUT2D eigenvalue weighted by molar-refractivity contribution is 0.0735. The van der Waals surface area contributed by atoms with Crippen LogP contribution in [0, 0.1) is 0 Å². The molecule has 0 radical (unpaired) electrons. The Balaban J connectivity index is 2.10. The van der Waals surface area contributed by atoms with Crippen molar-refractivity contribution >= 4 is 11.7 Å². The van der Waals surface area contributed by atoms with Gasteiger partial charge in [-0.25, -0.2) is 0 Å². The Morgan fingerprint density at radius 1 is 1.06 bits per heavy atom. The van der Waals surface area contributed by atoms with Crippen molar-refractivity contribution < 1.29 is 9.59 Å². The van der Waals surface area contributed by atoms with Gasteiger partial charge in [0, 0.05) is 37.3 Å². The maximum absolute atomic E-state index is 12.1. The van der Waals surface area contributed by atoms with E-state index in [-0.39, 0.29) is 11.7 Å². The van der Waals surface area contributed by atoms with E-state index >= 15 is 0 Å². The van der Waals surface area contributed by atoms with Crippen LogP contribution in [0.3, 0.4) is 0 Å². The average molecular weight is 232 g/mol. The number of Topliss-reactive ketones (excluding diaryl/α,β-unsaturated/α-hetero) is 1. The number of nitrogens with one attached hydrogen (secondary N) is 1. The molecule has 1 heterocycles. The zero-order valence-corrected chi connectivity index (χ0v) is 9.90. The first kappa shape index (κ1) is 11.8. The molecule has 1 amide bonds. The number of ketones is 1. The molecule has 90 valence electrons. The Hall–Kier alpha value is -1.68. The molecule has 0 aromatic heterocycles. The zero-order chi connectivity index (χ0) is 12.3. The highest BCUT2D eigenvalue weighted by atomic mass is 16.2. The quantitative estimate of drug-likeness (QED) is 0.772. The summed E-state index contributed by atoms with van der Waals surface area (Å²) in [7, 11) is 0. The Kier molecular flexibility index (Phi) is 3.54. The van der Waals surface area contributed by atoms with Gasteiger partial charge < -0.3 is 10.2 Å². The number of benzene rings is 1. The molecule has 1 fully saturated rings. The average Bonchev–Trinajstić information content (AvgIpc) is 2.39. The molecular formula is C13H16N2O2. The minimum atomic E-state index is 0.0196. The highest BCUT2D eigenvalue weighted by molar-refractivity contribution is 5.97. The fourth-order valence-electron chi connectivity index (χ4n) is 1.90. The number of carbonyl (C=O) groups is 2. The van der Waals surface area contributed by atoms with Crippen molar-refractivity contribution in [3.8, 4) is 0 Å². The Morgan fingerprint density at radius 3 is 2.12 bits per heavy atom. The van der Waals surface area contributed by atoms with Gasteiger partial charge in [-0.2, -0.15) is 0 Å². The van der Waals surface area contributed by atoms with E-state index in [0.717, 1.165) is 26.2 Å². The first-order valence-corrected chi connectivity index (χ1v) is 5.79. The van der Waals surface area contributed by atoms with Crippen LogP contribution in [0.1, 0.15) is 27.6 Å². The molecule has 4 heteroatoms. The Bertz CT molecular complexity index is 420. The van der Waals surface area contributed by atoms with Crippen molar-refractivity contribution in [3.05, 3.63) is 35.4 Å². The van der Waals surface area contributed by atoms with Gasteiger partial charge in [-0.15, -0.1) is 0 Å². The first-order chi connectivity index (χ1) is 8.18. The van der Waals surface area contributed by atoms with Gasteiger partial charge in [0.15, 0.2) is 5.78 Å². The molecule has 1 saturated heterocycles. The predicted octanol–water partition coefficient (Wildman–Crippen LogP) is 0.935. The third-order valence-corrected chi connectivity index (χ3v) is 2.94. The standard InChI is InChI=1S/C13H16N2O2/c1-10(16)11-2-4-12(5-3-11)13(17)15-8-6-14-7-9-15/h2-5,14H,6-9H2,1H3. The normalized spacial score (nSPS) is 15.7. The van der Waals surface area contributed by atoms with Crippen molar-refractivity contribution in [2.75, 3.05) is 26.2 Å². The number of piperazine rings is 1. The summed E-state index contributed by atoms with van der Waals surface area (Å²) in [4.78, 5) is 25.1. The molecule has 17 heavy (non-hydrogen) atoms. The molecule has 0 spiro atoms. The SMILES string of the molecule is CC(=O)c1ccc(C(=O)N2CCNCC2)cc1. The molecule has 4 nitrogen and oxygen atoms in total. The third kappa shape index (κ3) is 2.71. The molecule has 0 saturated carbocycles. The van der Waals surface area contributed by atoms with E-state index in [9.17, 15) is 9.59 Å². The van der Waals surface area contributed by atoms with Gasteiger partial charge in [0.25, 0.3) is 5.91 Å². The zero-order valence-electron chi connectivity index (χ0n) is 9.90. The van der Waals surface area contributed by atoms with E-state index in [1.54, 1.807) is 24.3 Å². The van der Waals surface area contributed by atoms with E-state index in [2.05, 4.69) is 5.32 Å². The van der Waals surface area contributed by atoms with Crippen LogP contribution in [0.5, 0.6) is 0 Å². The Morgan fingerprint density at radius 2 is 1.59 bits per heavy atom. The molecule has 1 aromatic carbocycles. The fourth-order valence-corrected chi connectivity index (χ4v) is 1.90. The van der Waals surface area contributed by atoms with Gasteiger partial charge in [-0.1, -0.05) is 12.1 Å². The van der Waals surface area contributed by atoms with Gasteiger partial charge in [0.05, 0.1) is 0 Å². The smallest absolute Gasteiger partial charge is 0.253 e. The van der Waals surface area contributed by atoms with Crippen molar-refractivity contribution in [1.29, 1.82) is 0 Å². The van der Waals surface area contributed by atoms with Crippen molar-refractivity contribution in [3.63, 3.8) is 0 Å². The van der Waals surface area contributed by atoms with Crippen LogP contribution < -0.4 is 5.32 Å². The number of carbonyl (C=O) groups excluding carboxylic acids is 2. The van der Waals surface area contributed by atoms with Crippen LogP contribution in [0.4, 0.5) is 0 Å². The van der Waals surface area contributed by atoms with Crippen molar-refractivity contribution in [2.45, 2.75) is 6.92 Å². The molecule has 0 atom stereocenters. The second kappa shape index (κ2) is 5.10. The highest BCUT2D eigenvalue weighted by Gasteiger charge is 2.17. The summed E-state index contributed by atoms with van der Waals surface area (Å²) >= 11 is 0. The highest BCUT2D eigenvalue weighted by Crippen LogP contribution is 2.09. The van der Waals surface area contributed by atoms with Crippen LogP contribution in [-0.2, 0) is 0 Å². The summed E-state index contributed by atoms with van der Waals surface area (Å²) in [6.45, 7) is 4.70. The van der Waals surface area contributed by atoms with Gasteiger partial charge in [0.2, 0.25) is 0 Å². The second-order valence-corrected chi connectivity index (χ2v) is 4.18. The summed E-state index contributed by atoms with van der Waals surface area (Å²) in [6.07, 6.45) is 0. The van der Waals surface area contributed by atoms with Crippen molar-refractivity contribution in [1.82, 2.24) is 10.2 Å². The molecular weight excluding hydrogens is 216 g/mol. The molecule has 1 aromatic rings. The van der Waals surface area contributed by atoms with Crippen LogP contribution in [0.15, 0.2) is 24.3 Å². The summed E-state index contributed by atoms with van der Waals surface area (Å²) in [5, 5.41) is 3.21. The van der Waals surface area contributed by atoms with Crippen LogP contribution in [0.25, 0.3) is 0 Å². The predicted molar refractivity (Wildman–Crippen MR) is 65.2 cm³/mol. The van der Waals surface area contributed by atoms with Gasteiger partial charge in [0.1, 0.15) is 0 Å². The maximum Gasteiger partial charge on any atom is 0.253 e. The Labute approximate surface area is 101 Å². The summed E-state index contributed by atoms with van der Waals surface area (Å²) < 4.78 is 0. The molecule has 1 aliphatic heterocycles. The molecule has 0 aliphatic carbocycles. The minimum Gasteiger partial charge on any atom is -0.336 e. The molecule has 0 unspecified atom stereocenters. The number of hydrogen-bond acceptors (Lipinski definition) is 3. The minimum absolute atomic E-state index is 0.0196. The molecule has 1 N–H and O–H groups in total. The number of nitrogens with zero attached hydrogens (tertiary/aromatic N) is 1. The summed E-state index contributed by atoms with van der Waals surface area (Å²) in [5.74, 6) is 0.0628. The van der Waals surface area contributed by atoms with Crippen LogP contribution in [-0.4, -0.2) is 42.8 Å². The van der Waals surface area contributed by atoms with Gasteiger partial charge in [-0.05, 0) is 19.1 Å². The lowest BCUT2D eigenvalue weighted by Crippen LogP contribution is -2.46. The molecule has 0 bridgehead atoms. The second-order valence-electron chi connectivity index (χ2n) is 4.18. The van der Waals surface area contributed by atoms with E-state index in [1.807, 2.05) is 4.90 Å². The van der Waals surface area contributed by atoms with Crippen molar-refractivity contribution in [2.24, 2.45) is 0 Å². The van der Waals surface area contributed by atoms with E-state index in [1.165, 1.54) is 6.92 Å². The lowest BCUT2D eigenvalue weighted by Gasteiger charge is -2.27. The maximum atomic E-state index is 12.1. The topological polar surface area (TPSA) is 49.4 Å². The largest absolute Gasteiger partial charge is 0.336 e. The van der Waals surface area contributed by atoms with Crippen LogP contribution >= 0.6 is 0 Å². The van der Waals surface area contributed by atoms with Crippen LogP contribution in [0.2, 0.25) is 0 Å². The number of rotatable bonds is 2.